The highest BCUT2D eigenvalue weighted by Crippen LogP contribution is 2.39. The topological polar surface area (TPSA) is 44.8 Å². The maximum absolute atomic E-state index is 11.6. The molecule has 126 valence electrons. The van der Waals surface area contributed by atoms with E-state index >= 15 is 0 Å². The van der Waals surface area contributed by atoms with E-state index in [2.05, 4.69) is 26.8 Å². The summed E-state index contributed by atoms with van der Waals surface area (Å²) < 4.78 is 16.8. The molecule has 1 fully saturated rings. The summed E-state index contributed by atoms with van der Waals surface area (Å²) in [6, 6.07) is 0. The van der Waals surface area contributed by atoms with Crippen molar-refractivity contribution in [2.75, 3.05) is 20.3 Å². The lowest BCUT2D eigenvalue weighted by atomic mass is 9.77. The molecule has 1 saturated heterocycles. The van der Waals surface area contributed by atoms with E-state index in [9.17, 15) is 4.79 Å². The van der Waals surface area contributed by atoms with Gasteiger partial charge in [-0.25, -0.2) is 4.79 Å². The Morgan fingerprint density at radius 3 is 2.50 bits per heavy atom. The van der Waals surface area contributed by atoms with Gasteiger partial charge in [-0.3, -0.25) is 0 Å². The van der Waals surface area contributed by atoms with Crippen LogP contribution >= 0.6 is 0 Å². The largest absolute Gasteiger partial charge is 0.466 e. The molecule has 0 aromatic heterocycles. The number of ether oxygens (including phenoxy) is 3. The van der Waals surface area contributed by atoms with E-state index in [1.54, 1.807) is 0 Å². The smallest absolute Gasteiger partial charge is 0.333 e. The first-order valence-corrected chi connectivity index (χ1v) is 8.51. The molecule has 4 nitrogen and oxygen atoms in total. The maximum atomic E-state index is 11.6. The quantitative estimate of drug-likeness (QED) is 0.702. The normalized spacial score (nSPS) is 25.9. The van der Waals surface area contributed by atoms with E-state index in [1.807, 2.05) is 0 Å². The second-order valence-electron chi connectivity index (χ2n) is 7.14. The fraction of sp³-hybridized carbons (Fsp3) is 0.833. The van der Waals surface area contributed by atoms with E-state index in [0.717, 1.165) is 37.7 Å². The fourth-order valence-corrected chi connectivity index (χ4v) is 3.78. The van der Waals surface area contributed by atoms with E-state index in [0.29, 0.717) is 31.0 Å². The average molecular weight is 310 g/mol. The summed E-state index contributed by atoms with van der Waals surface area (Å²) in [5.74, 6) is 1.10. The Balaban J connectivity index is 1.93. The minimum absolute atomic E-state index is 0.176. The zero-order valence-corrected chi connectivity index (χ0v) is 14.4. The molecule has 0 aromatic rings. The van der Waals surface area contributed by atoms with Gasteiger partial charge in [0.05, 0.1) is 20.3 Å². The van der Waals surface area contributed by atoms with Crippen molar-refractivity contribution in [3.05, 3.63) is 11.6 Å². The van der Waals surface area contributed by atoms with Gasteiger partial charge >= 0.3 is 5.97 Å². The zero-order valence-electron chi connectivity index (χ0n) is 14.4. The van der Waals surface area contributed by atoms with Crippen molar-refractivity contribution >= 4 is 5.97 Å². The van der Waals surface area contributed by atoms with Crippen LogP contribution in [-0.2, 0) is 19.0 Å². The van der Waals surface area contributed by atoms with Crippen LogP contribution in [0.2, 0.25) is 0 Å². The predicted molar refractivity (Wildman–Crippen MR) is 85.3 cm³/mol. The molecule has 0 radical (unpaired) electrons. The van der Waals surface area contributed by atoms with Crippen LogP contribution in [0.5, 0.6) is 0 Å². The molecule has 0 unspecified atom stereocenters. The van der Waals surface area contributed by atoms with Crippen molar-refractivity contribution in [3.63, 3.8) is 0 Å². The molecule has 0 amide bonds. The van der Waals surface area contributed by atoms with E-state index in [1.165, 1.54) is 7.11 Å². The second kappa shape index (κ2) is 7.60. The van der Waals surface area contributed by atoms with Gasteiger partial charge in [-0.15, -0.1) is 0 Å². The van der Waals surface area contributed by atoms with Crippen molar-refractivity contribution in [1.29, 1.82) is 0 Å². The van der Waals surface area contributed by atoms with Crippen LogP contribution in [0.4, 0.5) is 0 Å². The predicted octanol–water partition coefficient (Wildman–Crippen LogP) is 3.70. The Morgan fingerprint density at radius 1 is 1.32 bits per heavy atom. The Labute approximate surface area is 134 Å². The number of carbonyl (C=O) groups excluding carboxylic acids is 1. The first kappa shape index (κ1) is 17.5. The molecule has 2 atom stereocenters. The van der Waals surface area contributed by atoms with E-state index in [-0.39, 0.29) is 11.8 Å². The third-order valence-electron chi connectivity index (χ3n) is 4.87. The van der Waals surface area contributed by atoms with Crippen molar-refractivity contribution in [3.8, 4) is 0 Å². The van der Waals surface area contributed by atoms with Gasteiger partial charge in [-0.2, -0.15) is 0 Å². The Kier molecular flexibility index (Phi) is 6.04. The number of esters is 1. The summed E-state index contributed by atoms with van der Waals surface area (Å²) in [4.78, 5) is 11.6. The zero-order chi connectivity index (χ0) is 16.2. The van der Waals surface area contributed by atoms with Gasteiger partial charge in [0.25, 0.3) is 0 Å². The molecule has 1 aliphatic heterocycles. The van der Waals surface area contributed by atoms with Crippen LogP contribution in [0, 0.1) is 17.8 Å². The highest BCUT2D eigenvalue weighted by atomic mass is 16.7. The number of rotatable bonds is 6. The SMILES string of the molecule is COC(=O)C1=CC[C@H]([C@H](C)CC2(CC(C)C)OCCO2)CC1. The molecule has 2 rings (SSSR count). The van der Waals surface area contributed by atoms with Crippen molar-refractivity contribution in [2.45, 2.75) is 58.7 Å². The molecular weight excluding hydrogens is 280 g/mol. The molecule has 22 heavy (non-hydrogen) atoms. The van der Waals surface area contributed by atoms with Crippen LogP contribution in [0.1, 0.15) is 52.9 Å². The molecule has 0 bridgehead atoms. The molecule has 2 aliphatic rings. The summed E-state index contributed by atoms with van der Waals surface area (Å²) in [6.07, 6.45) is 6.76. The fourth-order valence-electron chi connectivity index (χ4n) is 3.78. The number of hydrogen-bond donors (Lipinski definition) is 0. The van der Waals surface area contributed by atoms with Crippen LogP contribution in [0.15, 0.2) is 11.6 Å². The highest BCUT2D eigenvalue weighted by molar-refractivity contribution is 5.88. The lowest BCUT2D eigenvalue weighted by Crippen LogP contribution is -2.36. The van der Waals surface area contributed by atoms with Crippen LogP contribution in [0.3, 0.4) is 0 Å². The van der Waals surface area contributed by atoms with Gasteiger partial charge in [0.1, 0.15) is 0 Å². The number of hydrogen-bond acceptors (Lipinski definition) is 4. The Bertz CT molecular complexity index is 407. The lowest BCUT2D eigenvalue weighted by molar-refractivity contribution is -0.182. The van der Waals surface area contributed by atoms with E-state index in [4.69, 9.17) is 14.2 Å². The summed E-state index contributed by atoms with van der Waals surface area (Å²) >= 11 is 0. The molecule has 0 spiro atoms. The number of allylic oxidation sites excluding steroid dienone is 1. The molecule has 1 heterocycles. The molecule has 0 aromatic carbocycles. The van der Waals surface area contributed by atoms with E-state index < -0.39 is 0 Å². The number of methoxy groups -OCH3 is 1. The Morgan fingerprint density at radius 2 is 2.00 bits per heavy atom. The molecule has 0 saturated carbocycles. The molecular formula is C18H30O4. The first-order valence-electron chi connectivity index (χ1n) is 8.51. The van der Waals surface area contributed by atoms with Crippen molar-refractivity contribution in [1.82, 2.24) is 0 Å². The standard InChI is InChI=1S/C18H30O4/c1-13(2)11-18(21-9-10-22-18)12-14(3)15-5-7-16(8-6-15)17(19)20-4/h7,13-15H,5-6,8-12H2,1-4H3/t14-,15+/m1/s1. The molecule has 1 aliphatic carbocycles. The minimum atomic E-state index is -0.389. The third kappa shape index (κ3) is 4.32. The lowest BCUT2D eigenvalue weighted by Gasteiger charge is -2.35. The summed E-state index contributed by atoms with van der Waals surface area (Å²) in [5, 5.41) is 0. The maximum Gasteiger partial charge on any atom is 0.333 e. The van der Waals surface area contributed by atoms with Crippen LogP contribution in [-0.4, -0.2) is 32.1 Å². The van der Waals surface area contributed by atoms with Crippen molar-refractivity contribution < 1.29 is 19.0 Å². The van der Waals surface area contributed by atoms with Gasteiger partial charge in [0, 0.05) is 18.4 Å². The number of carbonyl (C=O) groups is 1. The van der Waals surface area contributed by atoms with Gasteiger partial charge < -0.3 is 14.2 Å². The second-order valence-corrected chi connectivity index (χ2v) is 7.14. The minimum Gasteiger partial charge on any atom is -0.466 e. The third-order valence-corrected chi connectivity index (χ3v) is 4.87. The highest BCUT2D eigenvalue weighted by Gasteiger charge is 2.40. The monoisotopic (exact) mass is 310 g/mol. The molecule has 4 heteroatoms. The summed E-state index contributed by atoms with van der Waals surface area (Å²) in [7, 11) is 1.45. The van der Waals surface area contributed by atoms with Gasteiger partial charge in [-0.1, -0.05) is 26.8 Å². The summed E-state index contributed by atoms with van der Waals surface area (Å²) in [6.45, 7) is 8.12. The summed E-state index contributed by atoms with van der Waals surface area (Å²) in [5.41, 5.74) is 0.830. The Hall–Kier alpha value is -0.870. The van der Waals surface area contributed by atoms with Gasteiger partial charge in [0.2, 0.25) is 0 Å². The van der Waals surface area contributed by atoms with Crippen LogP contribution < -0.4 is 0 Å². The van der Waals surface area contributed by atoms with Crippen molar-refractivity contribution in [2.24, 2.45) is 17.8 Å². The van der Waals surface area contributed by atoms with Crippen LogP contribution in [0.25, 0.3) is 0 Å². The van der Waals surface area contributed by atoms with Gasteiger partial charge in [-0.05, 0) is 37.0 Å². The first-order chi connectivity index (χ1) is 10.5. The molecule has 0 N–H and O–H groups in total. The average Bonchev–Trinajstić information content (AvgIpc) is 2.93. The van der Waals surface area contributed by atoms with Gasteiger partial charge in [0.15, 0.2) is 5.79 Å².